The Kier molecular flexibility index (Phi) is 3.24. The second-order valence-corrected chi connectivity index (χ2v) is 3.52. The highest BCUT2D eigenvalue weighted by atomic mass is 16.4. The Hall–Kier alpha value is -1.06. The molecular formula is C8H15NO3. The number of hydrogen-bond donors (Lipinski definition) is 2. The monoisotopic (exact) mass is 173 g/mol. The lowest BCUT2D eigenvalue weighted by Gasteiger charge is -2.27. The van der Waals surface area contributed by atoms with Gasteiger partial charge in [-0.25, -0.2) is 0 Å². The molecule has 0 saturated heterocycles. The number of amides is 1. The Balaban J connectivity index is 4.62. The van der Waals surface area contributed by atoms with Crippen LogP contribution in [0.25, 0.3) is 0 Å². The van der Waals surface area contributed by atoms with Crippen LogP contribution in [0.1, 0.15) is 27.2 Å². The summed E-state index contributed by atoms with van der Waals surface area (Å²) in [6.45, 7) is 5.05. The highest BCUT2D eigenvalue weighted by Gasteiger charge is 2.37. The average molecular weight is 173 g/mol. The molecule has 0 heterocycles. The Morgan fingerprint density at radius 2 is 1.92 bits per heavy atom. The molecule has 0 aromatic rings. The summed E-state index contributed by atoms with van der Waals surface area (Å²) in [7, 11) is 0. The van der Waals surface area contributed by atoms with Crippen molar-refractivity contribution in [3.63, 3.8) is 0 Å². The SMILES string of the molecule is CC(C)C(C)(CC(N)=O)C(=O)O. The molecule has 4 heteroatoms. The summed E-state index contributed by atoms with van der Waals surface area (Å²) < 4.78 is 0. The Morgan fingerprint density at radius 3 is 2.00 bits per heavy atom. The Morgan fingerprint density at radius 1 is 1.50 bits per heavy atom. The van der Waals surface area contributed by atoms with Crippen molar-refractivity contribution >= 4 is 11.9 Å². The lowest BCUT2D eigenvalue weighted by atomic mass is 9.76. The quantitative estimate of drug-likeness (QED) is 0.653. The lowest BCUT2D eigenvalue weighted by Crippen LogP contribution is -2.37. The molecule has 3 N–H and O–H groups in total. The number of carbonyl (C=O) groups excluding carboxylic acids is 1. The highest BCUT2D eigenvalue weighted by molar-refractivity contribution is 5.83. The van der Waals surface area contributed by atoms with Gasteiger partial charge in [0.15, 0.2) is 0 Å². The smallest absolute Gasteiger partial charge is 0.310 e. The maximum absolute atomic E-state index is 10.8. The van der Waals surface area contributed by atoms with E-state index >= 15 is 0 Å². The molecule has 0 aromatic heterocycles. The van der Waals surface area contributed by atoms with E-state index in [1.54, 1.807) is 13.8 Å². The molecule has 1 atom stereocenters. The van der Waals surface area contributed by atoms with Gasteiger partial charge in [0.2, 0.25) is 5.91 Å². The third kappa shape index (κ3) is 2.22. The van der Waals surface area contributed by atoms with Crippen molar-refractivity contribution in [2.24, 2.45) is 17.1 Å². The largest absolute Gasteiger partial charge is 0.481 e. The zero-order chi connectivity index (χ0) is 9.94. The maximum Gasteiger partial charge on any atom is 0.310 e. The summed E-state index contributed by atoms with van der Waals surface area (Å²) >= 11 is 0. The van der Waals surface area contributed by atoms with Gasteiger partial charge in [-0.05, 0) is 12.8 Å². The van der Waals surface area contributed by atoms with Crippen molar-refractivity contribution in [1.29, 1.82) is 0 Å². The van der Waals surface area contributed by atoms with Crippen LogP contribution in [0.5, 0.6) is 0 Å². The van der Waals surface area contributed by atoms with Gasteiger partial charge in [0.05, 0.1) is 5.41 Å². The molecule has 4 nitrogen and oxygen atoms in total. The molecule has 70 valence electrons. The van der Waals surface area contributed by atoms with Crippen LogP contribution in [0.15, 0.2) is 0 Å². The molecule has 0 radical (unpaired) electrons. The minimum Gasteiger partial charge on any atom is -0.481 e. The number of carbonyl (C=O) groups is 2. The highest BCUT2D eigenvalue weighted by Crippen LogP contribution is 2.30. The number of hydrogen-bond acceptors (Lipinski definition) is 2. The van der Waals surface area contributed by atoms with Crippen molar-refractivity contribution in [2.75, 3.05) is 0 Å². The zero-order valence-corrected chi connectivity index (χ0v) is 7.63. The normalized spacial score (nSPS) is 15.7. The van der Waals surface area contributed by atoms with Gasteiger partial charge in [0.1, 0.15) is 0 Å². The number of nitrogens with two attached hydrogens (primary N) is 1. The zero-order valence-electron chi connectivity index (χ0n) is 7.63. The number of rotatable bonds is 4. The molecule has 0 fully saturated rings. The van der Waals surface area contributed by atoms with Crippen LogP contribution in [0.4, 0.5) is 0 Å². The standard InChI is InChI=1S/C8H15NO3/c1-5(2)8(3,7(11)12)4-6(9)10/h5H,4H2,1-3H3,(H2,9,10)(H,11,12). The lowest BCUT2D eigenvalue weighted by molar-refractivity contribution is -0.153. The third-order valence-electron chi connectivity index (χ3n) is 2.30. The Labute approximate surface area is 71.8 Å². The summed E-state index contributed by atoms with van der Waals surface area (Å²) in [6, 6.07) is 0. The fourth-order valence-electron chi connectivity index (χ4n) is 0.889. The molecule has 0 aromatic carbocycles. The van der Waals surface area contributed by atoms with Crippen LogP contribution in [0.2, 0.25) is 0 Å². The van der Waals surface area contributed by atoms with Crippen molar-refractivity contribution in [1.82, 2.24) is 0 Å². The molecule has 1 unspecified atom stereocenters. The molecule has 0 rings (SSSR count). The summed E-state index contributed by atoms with van der Waals surface area (Å²) in [5.41, 5.74) is 3.92. The molecule has 1 amide bonds. The van der Waals surface area contributed by atoms with Gasteiger partial charge in [-0.1, -0.05) is 13.8 Å². The number of carboxylic acids is 1. The predicted molar refractivity (Wildman–Crippen MR) is 44.4 cm³/mol. The summed E-state index contributed by atoms with van der Waals surface area (Å²) in [6.07, 6.45) is -0.111. The van der Waals surface area contributed by atoms with Crippen LogP contribution in [-0.2, 0) is 9.59 Å². The van der Waals surface area contributed by atoms with Gasteiger partial charge >= 0.3 is 5.97 Å². The minimum absolute atomic E-state index is 0.109. The van der Waals surface area contributed by atoms with Gasteiger partial charge in [-0.15, -0.1) is 0 Å². The molecule has 12 heavy (non-hydrogen) atoms. The van der Waals surface area contributed by atoms with E-state index in [-0.39, 0.29) is 12.3 Å². The Bertz CT molecular complexity index is 200. The van der Waals surface area contributed by atoms with E-state index in [1.807, 2.05) is 0 Å². The fourth-order valence-corrected chi connectivity index (χ4v) is 0.889. The van der Waals surface area contributed by atoms with Gasteiger partial charge in [0.25, 0.3) is 0 Å². The molecule has 0 spiro atoms. The summed E-state index contributed by atoms with van der Waals surface area (Å²) in [5.74, 6) is -1.66. The number of aliphatic carboxylic acids is 1. The van der Waals surface area contributed by atoms with Crippen molar-refractivity contribution in [3.8, 4) is 0 Å². The molecular weight excluding hydrogens is 158 g/mol. The number of carboxylic acid groups (broad SMARTS) is 1. The van der Waals surface area contributed by atoms with E-state index < -0.39 is 17.3 Å². The van der Waals surface area contributed by atoms with E-state index in [4.69, 9.17) is 10.8 Å². The van der Waals surface area contributed by atoms with Crippen LogP contribution in [0, 0.1) is 11.3 Å². The minimum atomic E-state index is -1.04. The molecule has 0 saturated carbocycles. The van der Waals surface area contributed by atoms with E-state index in [1.165, 1.54) is 6.92 Å². The first-order chi connectivity index (χ1) is 5.30. The second-order valence-electron chi connectivity index (χ2n) is 3.52. The van der Waals surface area contributed by atoms with Gasteiger partial charge in [-0.3, -0.25) is 9.59 Å². The summed E-state index contributed by atoms with van der Waals surface area (Å²) in [4.78, 5) is 21.4. The first kappa shape index (κ1) is 10.9. The molecule has 0 bridgehead atoms. The van der Waals surface area contributed by atoms with Crippen LogP contribution in [-0.4, -0.2) is 17.0 Å². The van der Waals surface area contributed by atoms with Crippen molar-refractivity contribution in [2.45, 2.75) is 27.2 Å². The van der Waals surface area contributed by atoms with E-state index in [9.17, 15) is 9.59 Å². The molecule has 0 aliphatic rings. The first-order valence-corrected chi connectivity index (χ1v) is 3.82. The molecule has 0 aliphatic carbocycles. The fraction of sp³-hybridized carbons (Fsp3) is 0.750. The second kappa shape index (κ2) is 3.56. The maximum atomic E-state index is 10.8. The average Bonchev–Trinajstić information content (AvgIpc) is 1.84. The summed E-state index contributed by atoms with van der Waals surface area (Å²) in [5, 5.41) is 8.84. The van der Waals surface area contributed by atoms with Gasteiger partial charge in [0, 0.05) is 6.42 Å². The predicted octanol–water partition coefficient (Wildman–Crippen LogP) is 0.609. The van der Waals surface area contributed by atoms with E-state index in [0.29, 0.717) is 0 Å². The van der Waals surface area contributed by atoms with E-state index in [2.05, 4.69) is 0 Å². The first-order valence-electron chi connectivity index (χ1n) is 3.82. The van der Waals surface area contributed by atoms with Crippen molar-refractivity contribution in [3.05, 3.63) is 0 Å². The van der Waals surface area contributed by atoms with Gasteiger partial charge < -0.3 is 10.8 Å². The van der Waals surface area contributed by atoms with Crippen LogP contribution < -0.4 is 5.73 Å². The van der Waals surface area contributed by atoms with Crippen LogP contribution in [0.3, 0.4) is 0 Å². The van der Waals surface area contributed by atoms with Crippen LogP contribution >= 0.6 is 0 Å². The van der Waals surface area contributed by atoms with Crippen molar-refractivity contribution < 1.29 is 14.7 Å². The van der Waals surface area contributed by atoms with Gasteiger partial charge in [-0.2, -0.15) is 0 Å². The van der Waals surface area contributed by atoms with E-state index in [0.717, 1.165) is 0 Å². The topological polar surface area (TPSA) is 80.4 Å². The third-order valence-corrected chi connectivity index (χ3v) is 2.30. The number of primary amides is 1. The molecule has 0 aliphatic heterocycles.